The van der Waals surface area contributed by atoms with Crippen molar-refractivity contribution in [2.45, 2.75) is 44.9 Å². The molecule has 1 aliphatic rings. The van der Waals surface area contributed by atoms with E-state index in [0.29, 0.717) is 0 Å². The second kappa shape index (κ2) is 4.74. The molecular weight excluding hydrogens is 210 g/mol. The number of thiol groups is 1. The van der Waals surface area contributed by atoms with Crippen molar-refractivity contribution in [3.63, 3.8) is 0 Å². The molecule has 0 aliphatic carbocycles. The van der Waals surface area contributed by atoms with Crippen LogP contribution in [0.15, 0.2) is 0 Å². The molecule has 1 N–H and O–H groups in total. The number of hydrogen-bond donors (Lipinski definition) is 2. The first-order valence-electron chi connectivity index (χ1n) is 5.46. The van der Waals surface area contributed by atoms with Crippen molar-refractivity contribution in [1.82, 2.24) is 4.90 Å². The first-order chi connectivity index (χ1) is 6.81. The second-order valence-electron chi connectivity index (χ2n) is 5.49. The van der Waals surface area contributed by atoms with Gasteiger partial charge in [-0.2, -0.15) is 12.6 Å². The summed E-state index contributed by atoms with van der Waals surface area (Å²) in [5.41, 5.74) is 0.262. The highest BCUT2D eigenvalue weighted by Gasteiger charge is 2.37. The van der Waals surface area contributed by atoms with Crippen molar-refractivity contribution in [1.29, 1.82) is 0 Å². The van der Waals surface area contributed by atoms with Gasteiger partial charge in [0.05, 0.1) is 0 Å². The summed E-state index contributed by atoms with van der Waals surface area (Å²) in [7, 11) is 0. The Morgan fingerprint density at radius 3 is 2.60 bits per heavy atom. The Morgan fingerprint density at radius 1 is 1.53 bits per heavy atom. The molecule has 1 saturated heterocycles. The summed E-state index contributed by atoms with van der Waals surface area (Å²) in [6, 6.07) is -0.393. The summed E-state index contributed by atoms with van der Waals surface area (Å²) < 4.78 is 0. The number of carboxylic acid groups (broad SMARTS) is 1. The zero-order valence-corrected chi connectivity index (χ0v) is 10.6. The van der Waals surface area contributed by atoms with E-state index in [-0.39, 0.29) is 10.7 Å². The van der Waals surface area contributed by atoms with Crippen molar-refractivity contribution < 1.29 is 9.90 Å². The minimum Gasteiger partial charge on any atom is -0.480 e. The lowest BCUT2D eigenvalue weighted by Gasteiger charge is -2.26. The lowest BCUT2D eigenvalue weighted by atomic mass is 9.92. The molecule has 3 nitrogen and oxygen atoms in total. The van der Waals surface area contributed by atoms with Crippen LogP contribution in [-0.4, -0.2) is 40.4 Å². The van der Waals surface area contributed by atoms with E-state index in [9.17, 15) is 4.79 Å². The number of likely N-dealkylation sites (tertiary alicyclic amines) is 1. The van der Waals surface area contributed by atoms with Crippen LogP contribution >= 0.6 is 12.6 Å². The highest BCUT2D eigenvalue weighted by molar-refractivity contribution is 7.81. The van der Waals surface area contributed by atoms with Crippen LogP contribution in [0.25, 0.3) is 0 Å². The molecule has 2 atom stereocenters. The zero-order valence-electron chi connectivity index (χ0n) is 9.73. The normalized spacial score (nSPS) is 28.3. The van der Waals surface area contributed by atoms with Crippen LogP contribution in [0, 0.1) is 5.41 Å². The molecule has 0 spiro atoms. The molecular formula is C11H21NO2S. The Morgan fingerprint density at radius 2 is 2.13 bits per heavy atom. The van der Waals surface area contributed by atoms with Gasteiger partial charge in [0.25, 0.3) is 0 Å². The molecule has 0 saturated carbocycles. The van der Waals surface area contributed by atoms with Gasteiger partial charge in [0.15, 0.2) is 0 Å². The quantitative estimate of drug-likeness (QED) is 0.729. The predicted molar refractivity (Wildman–Crippen MR) is 64.5 cm³/mol. The smallest absolute Gasteiger partial charge is 0.322 e. The summed E-state index contributed by atoms with van der Waals surface area (Å²) in [4.78, 5) is 13.1. The van der Waals surface area contributed by atoms with Crippen LogP contribution in [0.5, 0.6) is 0 Å². The molecule has 1 aliphatic heterocycles. The topological polar surface area (TPSA) is 40.5 Å². The van der Waals surface area contributed by atoms with Crippen molar-refractivity contribution >= 4 is 18.6 Å². The Labute approximate surface area is 97.3 Å². The van der Waals surface area contributed by atoms with Gasteiger partial charge < -0.3 is 5.11 Å². The van der Waals surface area contributed by atoms with E-state index >= 15 is 0 Å². The Bertz CT molecular complexity index is 237. The molecule has 1 rings (SSSR count). The van der Waals surface area contributed by atoms with Crippen LogP contribution in [0.4, 0.5) is 0 Å². The fourth-order valence-electron chi connectivity index (χ4n) is 1.89. The number of carbonyl (C=O) groups is 1. The van der Waals surface area contributed by atoms with Gasteiger partial charge in [-0.1, -0.05) is 20.8 Å². The van der Waals surface area contributed by atoms with Gasteiger partial charge in [0.2, 0.25) is 0 Å². The molecule has 0 bridgehead atoms. The molecule has 88 valence electrons. The van der Waals surface area contributed by atoms with E-state index in [4.69, 9.17) is 5.11 Å². The number of nitrogens with zero attached hydrogens (tertiary/aromatic N) is 1. The summed E-state index contributed by atoms with van der Waals surface area (Å²) in [5.74, 6) is -0.735. The summed E-state index contributed by atoms with van der Waals surface area (Å²) in [5, 5.41) is 9.08. The largest absolute Gasteiger partial charge is 0.480 e. The van der Waals surface area contributed by atoms with E-state index in [2.05, 4.69) is 33.4 Å². The Balaban J connectivity index is 2.51. The van der Waals surface area contributed by atoms with Crippen molar-refractivity contribution in [2.75, 3.05) is 13.1 Å². The minimum absolute atomic E-state index is 0.0116. The minimum atomic E-state index is -0.735. The standard InChI is InChI=1S/C11H21NO2S/c1-11(2,3)5-7-12-6-4-8(15)9(12)10(13)14/h8-9,15H,4-7H2,1-3H3,(H,13,14). The highest BCUT2D eigenvalue weighted by atomic mass is 32.1. The number of carboxylic acids is 1. The van der Waals surface area contributed by atoms with Crippen LogP contribution in [0.3, 0.4) is 0 Å². The van der Waals surface area contributed by atoms with Gasteiger partial charge in [0, 0.05) is 11.8 Å². The zero-order chi connectivity index (χ0) is 11.6. The molecule has 0 radical (unpaired) electrons. The first kappa shape index (κ1) is 12.8. The van der Waals surface area contributed by atoms with E-state index in [1.807, 2.05) is 4.90 Å². The molecule has 1 heterocycles. The molecule has 0 amide bonds. The third-order valence-electron chi connectivity index (χ3n) is 2.87. The summed E-state index contributed by atoms with van der Waals surface area (Å²) >= 11 is 4.33. The third kappa shape index (κ3) is 3.68. The number of rotatable bonds is 3. The van der Waals surface area contributed by atoms with E-state index in [0.717, 1.165) is 25.9 Å². The van der Waals surface area contributed by atoms with Crippen molar-refractivity contribution in [3.05, 3.63) is 0 Å². The Kier molecular flexibility index (Phi) is 4.06. The number of hydrogen-bond acceptors (Lipinski definition) is 3. The van der Waals surface area contributed by atoms with Crippen LogP contribution in [-0.2, 0) is 4.79 Å². The maximum absolute atomic E-state index is 11.1. The van der Waals surface area contributed by atoms with Gasteiger partial charge in [-0.3, -0.25) is 9.69 Å². The van der Waals surface area contributed by atoms with E-state index in [1.165, 1.54) is 0 Å². The average Bonchev–Trinajstić information content (AvgIpc) is 2.42. The van der Waals surface area contributed by atoms with E-state index in [1.54, 1.807) is 0 Å². The summed E-state index contributed by atoms with van der Waals surface area (Å²) in [6.45, 7) is 8.25. The molecule has 1 fully saturated rings. The van der Waals surface area contributed by atoms with Crippen LogP contribution in [0.2, 0.25) is 0 Å². The lowest BCUT2D eigenvalue weighted by molar-refractivity contribution is -0.142. The van der Waals surface area contributed by atoms with Gasteiger partial charge in [0.1, 0.15) is 6.04 Å². The average molecular weight is 231 g/mol. The highest BCUT2D eigenvalue weighted by Crippen LogP contribution is 2.26. The van der Waals surface area contributed by atoms with Crippen molar-refractivity contribution in [3.8, 4) is 0 Å². The molecule has 0 aromatic heterocycles. The van der Waals surface area contributed by atoms with Gasteiger partial charge in [-0.25, -0.2) is 0 Å². The molecule has 4 heteroatoms. The first-order valence-corrected chi connectivity index (χ1v) is 5.98. The second-order valence-corrected chi connectivity index (χ2v) is 6.15. The maximum atomic E-state index is 11.1. The lowest BCUT2D eigenvalue weighted by Crippen LogP contribution is -2.41. The van der Waals surface area contributed by atoms with E-state index < -0.39 is 12.0 Å². The maximum Gasteiger partial charge on any atom is 0.322 e. The summed E-state index contributed by atoms with van der Waals surface area (Å²) in [6.07, 6.45) is 1.90. The van der Waals surface area contributed by atoms with Gasteiger partial charge >= 0.3 is 5.97 Å². The van der Waals surface area contributed by atoms with Crippen LogP contribution in [0.1, 0.15) is 33.6 Å². The molecule has 2 unspecified atom stereocenters. The fourth-order valence-corrected chi connectivity index (χ4v) is 2.32. The monoisotopic (exact) mass is 231 g/mol. The number of aliphatic carboxylic acids is 1. The SMILES string of the molecule is CC(C)(C)CCN1CCC(S)C1C(=O)O. The predicted octanol–water partition coefficient (Wildman–Crippen LogP) is 1.88. The molecule has 0 aromatic rings. The Hall–Kier alpha value is -0.220. The van der Waals surface area contributed by atoms with Gasteiger partial charge in [-0.15, -0.1) is 0 Å². The third-order valence-corrected chi connectivity index (χ3v) is 3.41. The van der Waals surface area contributed by atoms with Crippen molar-refractivity contribution in [2.24, 2.45) is 5.41 Å². The fraction of sp³-hybridized carbons (Fsp3) is 0.909. The van der Waals surface area contributed by atoms with Crippen LogP contribution < -0.4 is 0 Å². The van der Waals surface area contributed by atoms with Gasteiger partial charge in [-0.05, 0) is 24.8 Å². The molecule has 15 heavy (non-hydrogen) atoms. The molecule has 0 aromatic carbocycles.